The van der Waals surface area contributed by atoms with Crippen molar-refractivity contribution in [1.29, 1.82) is 0 Å². The van der Waals surface area contributed by atoms with Gasteiger partial charge in [0.05, 0.1) is 6.54 Å². The lowest BCUT2D eigenvalue weighted by Crippen LogP contribution is -2.27. The first-order valence-electron chi connectivity index (χ1n) is 8.82. The van der Waals surface area contributed by atoms with Crippen LogP contribution in [0.25, 0.3) is 10.8 Å². The molecule has 0 atom stereocenters. The SMILES string of the molecule is CN(C)CC(=O)Nc1cccc(CNC(=O)c2cccc3ccccc23)c1. The second-order valence-corrected chi connectivity index (χ2v) is 6.70. The van der Waals surface area contributed by atoms with Crippen molar-refractivity contribution in [3.8, 4) is 0 Å². The highest BCUT2D eigenvalue weighted by molar-refractivity contribution is 6.07. The Morgan fingerprint density at radius 2 is 1.67 bits per heavy atom. The number of nitrogens with zero attached hydrogens (tertiary/aromatic N) is 1. The number of hydrogen-bond donors (Lipinski definition) is 2. The van der Waals surface area contributed by atoms with Gasteiger partial charge in [0.2, 0.25) is 5.91 Å². The molecule has 3 aromatic carbocycles. The van der Waals surface area contributed by atoms with Gasteiger partial charge in [-0.2, -0.15) is 0 Å². The minimum Gasteiger partial charge on any atom is -0.348 e. The van der Waals surface area contributed by atoms with Gasteiger partial charge in [-0.1, -0.05) is 48.5 Å². The third-order valence-corrected chi connectivity index (χ3v) is 4.16. The van der Waals surface area contributed by atoms with Crippen LogP contribution in [0.2, 0.25) is 0 Å². The Morgan fingerprint density at radius 1 is 0.926 bits per heavy atom. The highest BCUT2D eigenvalue weighted by atomic mass is 16.2. The summed E-state index contributed by atoms with van der Waals surface area (Å²) in [6, 6.07) is 21.0. The zero-order chi connectivity index (χ0) is 19.2. The molecule has 2 amide bonds. The summed E-state index contributed by atoms with van der Waals surface area (Å²) in [6.07, 6.45) is 0. The summed E-state index contributed by atoms with van der Waals surface area (Å²) in [5.41, 5.74) is 2.30. The number of benzene rings is 3. The summed E-state index contributed by atoms with van der Waals surface area (Å²) < 4.78 is 0. The quantitative estimate of drug-likeness (QED) is 0.708. The predicted molar refractivity (Wildman–Crippen MR) is 109 cm³/mol. The van der Waals surface area contributed by atoms with E-state index >= 15 is 0 Å². The maximum absolute atomic E-state index is 12.6. The van der Waals surface area contributed by atoms with Crippen LogP contribution in [-0.4, -0.2) is 37.4 Å². The summed E-state index contributed by atoms with van der Waals surface area (Å²) >= 11 is 0. The van der Waals surface area contributed by atoms with E-state index in [1.807, 2.05) is 85.7 Å². The van der Waals surface area contributed by atoms with E-state index in [0.717, 1.165) is 22.0 Å². The molecule has 2 N–H and O–H groups in total. The van der Waals surface area contributed by atoms with Crippen LogP contribution < -0.4 is 10.6 Å². The summed E-state index contributed by atoms with van der Waals surface area (Å²) in [5.74, 6) is -0.189. The normalized spacial score (nSPS) is 10.8. The first-order valence-corrected chi connectivity index (χ1v) is 8.82. The Hall–Kier alpha value is -3.18. The topological polar surface area (TPSA) is 61.4 Å². The van der Waals surface area contributed by atoms with Crippen LogP contribution in [0, 0.1) is 0 Å². The molecule has 0 aliphatic rings. The monoisotopic (exact) mass is 361 g/mol. The summed E-state index contributed by atoms with van der Waals surface area (Å²) in [5, 5.41) is 7.79. The number of hydrogen-bond acceptors (Lipinski definition) is 3. The van der Waals surface area contributed by atoms with Crippen molar-refractivity contribution < 1.29 is 9.59 Å². The average molecular weight is 361 g/mol. The molecule has 3 rings (SSSR count). The fourth-order valence-electron chi connectivity index (χ4n) is 2.95. The van der Waals surface area contributed by atoms with Gasteiger partial charge in [-0.05, 0) is 48.6 Å². The summed E-state index contributed by atoms with van der Waals surface area (Å²) in [7, 11) is 3.69. The lowest BCUT2D eigenvalue weighted by molar-refractivity contribution is -0.116. The number of carbonyl (C=O) groups is 2. The van der Waals surface area contributed by atoms with Gasteiger partial charge in [-0.15, -0.1) is 0 Å². The maximum atomic E-state index is 12.6. The Balaban J connectivity index is 1.67. The van der Waals surface area contributed by atoms with Crippen molar-refractivity contribution in [3.63, 3.8) is 0 Å². The zero-order valence-electron chi connectivity index (χ0n) is 15.5. The van der Waals surface area contributed by atoms with E-state index in [-0.39, 0.29) is 11.8 Å². The molecular weight excluding hydrogens is 338 g/mol. The average Bonchev–Trinajstić information content (AvgIpc) is 2.65. The molecule has 0 radical (unpaired) electrons. The third kappa shape index (κ3) is 4.92. The molecule has 0 fully saturated rings. The fourth-order valence-corrected chi connectivity index (χ4v) is 2.95. The van der Waals surface area contributed by atoms with Crippen LogP contribution in [0.5, 0.6) is 0 Å². The molecule has 0 aliphatic heterocycles. The molecular formula is C22H23N3O2. The second kappa shape index (κ2) is 8.47. The molecule has 0 saturated carbocycles. The van der Waals surface area contributed by atoms with Crippen LogP contribution >= 0.6 is 0 Å². The standard InChI is InChI=1S/C22H23N3O2/c1-25(2)15-21(26)24-18-10-5-7-16(13-18)14-23-22(27)20-12-6-9-17-8-3-4-11-19(17)20/h3-13H,14-15H2,1-2H3,(H,23,27)(H,24,26). The molecule has 0 aliphatic carbocycles. The smallest absolute Gasteiger partial charge is 0.252 e. The van der Waals surface area contributed by atoms with Crippen molar-refractivity contribution in [3.05, 3.63) is 77.9 Å². The van der Waals surface area contributed by atoms with Crippen LogP contribution in [0.15, 0.2) is 66.7 Å². The van der Waals surface area contributed by atoms with E-state index in [4.69, 9.17) is 0 Å². The molecule has 27 heavy (non-hydrogen) atoms. The van der Waals surface area contributed by atoms with Gasteiger partial charge in [0.1, 0.15) is 0 Å². The summed E-state index contributed by atoms with van der Waals surface area (Å²) in [4.78, 5) is 26.3. The molecule has 3 aromatic rings. The van der Waals surface area contributed by atoms with E-state index in [1.54, 1.807) is 0 Å². The Labute approximate surface area is 159 Å². The first kappa shape index (κ1) is 18.6. The first-order chi connectivity index (χ1) is 13.0. The predicted octanol–water partition coefficient (Wildman–Crippen LogP) is 3.27. The minimum atomic E-state index is -0.117. The number of likely N-dealkylation sites (N-methyl/N-ethyl adjacent to an activating group) is 1. The minimum absolute atomic E-state index is 0.0723. The fraction of sp³-hybridized carbons (Fsp3) is 0.182. The van der Waals surface area contributed by atoms with Crippen LogP contribution in [0.3, 0.4) is 0 Å². The second-order valence-electron chi connectivity index (χ2n) is 6.70. The molecule has 0 heterocycles. The van der Waals surface area contributed by atoms with Gasteiger partial charge in [0, 0.05) is 17.8 Å². The van der Waals surface area contributed by atoms with Gasteiger partial charge in [0.15, 0.2) is 0 Å². The Bertz CT molecular complexity index is 961. The Kier molecular flexibility index (Phi) is 5.84. The van der Waals surface area contributed by atoms with E-state index < -0.39 is 0 Å². The maximum Gasteiger partial charge on any atom is 0.252 e. The molecule has 138 valence electrons. The zero-order valence-corrected chi connectivity index (χ0v) is 15.5. The molecule has 0 bridgehead atoms. The van der Waals surface area contributed by atoms with Gasteiger partial charge in [-0.25, -0.2) is 0 Å². The highest BCUT2D eigenvalue weighted by Gasteiger charge is 2.10. The number of amides is 2. The number of carbonyl (C=O) groups excluding carboxylic acids is 2. The van der Waals surface area contributed by atoms with Crippen molar-refractivity contribution in [2.24, 2.45) is 0 Å². The van der Waals surface area contributed by atoms with Crippen molar-refractivity contribution in [2.45, 2.75) is 6.54 Å². The number of nitrogens with one attached hydrogen (secondary N) is 2. The van der Waals surface area contributed by atoms with E-state index in [0.29, 0.717) is 18.7 Å². The van der Waals surface area contributed by atoms with Gasteiger partial charge >= 0.3 is 0 Å². The Morgan fingerprint density at radius 3 is 2.48 bits per heavy atom. The molecule has 0 spiro atoms. The van der Waals surface area contributed by atoms with Crippen molar-refractivity contribution in [2.75, 3.05) is 26.0 Å². The number of anilines is 1. The molecule has 0 saturated heterocycles. The number of fused-ring (bicyclic) bond motifs is 1. The van der Waals surface area contributed by atoms with E-state index in [9.17, 15) is 9.59 Å². The number of rotatable bonds is 6. The summed E-state index contributed by atoms with van der Waals surface area (Å²) in [6.45, 7) is 0.710. The van der Waals surface area contributed by atoms with E-state index in [1.165, 1.54) is 0 Å². The molecule has 0 aromatic heterocycles. The lowest BCUT2D eigenvalue weighted by Gasteiger charge is -2.12. The van der Waals surface area contributed by atoms with Crippen molar-refractivity contribution >= 4 is 28.3 Å². The lowest BCUT2D eigenvalue weighted by atomic mass is 10.0. The van der Waals surface area contributed by atoms with Crippen molar-refractivity contribution in [1.82, 2.24) is 10.2 Å². The highest BCUT2D eigenvalue weighted by Crippen LogP contribution is 2.18. The van der Waals surface area contributed by atoms with Gasteiger partial charge < -0.3 is 15.5 Å². The molecule has 0 unspecified atom stereocenters. The van der Waals surface area contributed by atoms with Gasteiger partial charge in [-0.3, -0.25) is 9.59 Å². The molecule has 5 heteroatoms. The largest absolute Gasteiger partial charge is 0.348 e. The molecule has 5 nitrogen and oxygen atoms in total. The van der Waals surface area contributed by atoms with Gasteiger partial charge in [0.25, 0.3) is 5.91 Å². The van der Waals surface area contributed by atoms with Crippen LogP contribution in [-0.2, 0) is 11.3 Å². The van der Waals surface area contributed by atoms with E-state index in [2.05, 4.69) is 10.6 Å². The third-order valence-electron chi connectivity index (χ3n) is 4.16. The van der Waals surface area contributed by atoms with Crippen LogP contribution in [0.1, 0.15) is 15.9 Å². The van der Waals surface area contributed by atoms with Crippen LogP contribution in [0.4, 0.5) is 5.69 Å².